The van der Waals surface area contributed by atoms with Gasteiger partial charge in [0.2, 0.25) is 0 Å². The minimum atomic E-state index is -0.423. The minimum Gasteiger partial charge on any atom is -0.370 e. The molecule has 4 N–H and O–H groups in total. The van der Waals surface area contributed by atoms with Crippen molar-refractivity contribution < 1.29 is 4.79 Å². The second-order valence-electron chi connectivity index (χ2n) is 3.85. The van der Waals surface area contributed by atoms with E-state index in [1.54, 1.807) is 12.1 Å². The van der Waals surface area contributed by atoms with Gasteiger partial charge in [-0.2, -0.15) is 4.99 Å². The van der Waals surface area contributed by atoms with E-state index in [0.717, 1.165) is 10.8 Å². The maximum absolute atomic E-state index is 11.6. The van der Waals surface area contributed by atoms with Gasteiger partial charge in [-0.05, 0) is 35.4 Å². The highest BCUT2D eigenvalue weighted by Crippen LogP contribution is 2.19. The molecule has 0 aliphatic rings. The molecule has 2 aromatic rings. The summed E-state index contributed by atoms with van der Waals surface area (Å²) >= 11 is 0. The Bertz CT molecular complexity index is 613. The van der Waals surface area contributed by atoms with Gasteiger partial charge in [-0.15, -0.1) is 0 Å². The molecular formula is C13H13N3O. The third-order valence-electron chi connectivity index (χ3n) is 2.58. The summed E-state index contributed by atoms with van der Waals surface area (Å²) in [5.74, 6) is -0.646. The number of guanidine groups is 1. The molecule has 0 aromatic heterocycles. The van der Waals surface area contributed by atoms with Crippen LogP contribution >= 0.6 is 0 Å². The fourth-order valence-electron chi connectivity index (χ4n) is 1.76. The van der Waals surface area contributed by atoms with Gasteiger partial charge in [0.15, 0.2) is 5.96 Å². The van der Waals surface area contributed by atoms with Crippen molar-refractivity contribution in [1.82, 2.24) is 0 Å². The van der Waals surface area contributed by atoms with E-state index >= 15 is 0 Å². The molecule has 0 radical (unpaired) electrons. The average molecular weight is 227 g/mol. The van der Waals surface area contributed by atoms with Gasteiger partial charge in [0.25, 0.3) is 5.91 Å². The van der Waals surface area contributed by atoms with E-state index in [4.69, 9.17) is 11.5 Å². The molecule has 2 aromatic carbocycles. The highest BCUT2D eigenvalue weighted by Gasteiger charge is 2.06. The van der Waals surface area contributed by atoms with Crippen molar-refractivity contribution in [2.75, 3.05) is 0 Å². The van der Waals surface area contributed by atoms with Crippen molar-refractivity contribution in [3.8, 4) is 0 Å². The molecule has 0 saturated carbocycles. The second kappa shape index (κ2) is 4.25. The van der Waals surface area contributed by atoms with Gasteiger partial charge >= 0.3 is 0 Å². The molecule has 0 spiro atoms. The lowest BCUT2D eigenvalue weighted by Crippen LogP contribution is -2.24. The van der Waals surface area contributed by atoms with Crippen molar-refractivity contribution in [1.29, 1.82) is 0 Å². The number of amides is 1. The molecule has 0 saturated heterocycles. The summed E-state index contributed by atoms with van der Waals surface area (Å²) in [6.45, 7) is 2.03. The number of carbonyl (C=O) groups excluding carboxylic acids is 1. The average Bonchev–Trinajstić information content (AvgIpc) is 2.28. The molecule has 4 nitrogen and oxygen atoms in total. The monoisotopic (exact) mass is 227 g/mol. The van der Waals surface area contributed by atoms with Crippen molar-refractivity contribution in [3.05, 3.63) is 47.5 Å². The van der Waals surface area contributed by atoms with Gasteiger partial charge in [-0.3, -0.25) is 4.79 Å². The van der Waals surface area contributed by atoms with Crippen LogP contribution in [0, 0.1) is 6.92 Å². The largest absolute Gasteiger partial charge is 0.370 e. The van der Waals surface area contributed by atoms with Crippen LogP contribution in [0.4, 0.5) is 0 Å². The summed E-state index contributed by atoms with van der Waals surface area (Å²) < 4.78 is 0. The Balaban J connectivity index is 2.52. The van der Waals surface area contributed by atoms with Crippen molar-refractivity contribution in [2.24, 2.45) is 16.5 Å². The molecule has 1 amide bonds. The van der Waals surface area contributed by atoms with Crippen LogP contribution in [0.2, 0.25) is 0 Å². The van der Waals surface area contributed by atoms with E-state index in [9.17, 15) is 4.79 Å². The van der Waals surface area contributed by atoms with Gasteiger partial charge < -0.3 is 11.5 Å². The first-order valence-electron chi connectivity index (χ1n) is 5.21. The predicted molar refractivity (Wildman–Crippen MR) is 68.8 cm³/mol. The smallest absolute Gasteiger partial charge is 0.280 e. The zero-order valence-electron chi connectivity index (χ0n) is 9.47. The van der Waals surface area contributed by atoms with Crippen LogP contribution in [-0.2, 0) is 0 Å². The minimum absolute atomic E-state index is 0.223. The topological polar surface area (TPSA) is 81.5 Å². The molecule has 0 aliphatic heterocycles. The summed E-state index contributed by atoms with van der Waals surface area (Å²) in [6.07, 6.45) is 0. The lowest BCUT2D eigenvalue weighted by Gasteiger charge is -2.03. The lowest BCUT2D eigenvalue weighted by atomic mass is 10.0. The Morgan fingerprint density at radius 3 is 2.65 bits per heavy atom. The predicted octanol–water partition coefficient (Wildman–Crippen LogP) is 1.56. The Kier molecular flexibility index (Phi) is 2.78. The van der Waals surface area contributed by atoms with Crippen LogP contribution in [0.3, 0.4) is 0 Å². The van der Waals surface area contributed by atoms with Crippen molar-refractivity contribution >= 4 is 22.6 Å². The fourth-order valence-corrected chi connectivity index (χ4v) is 1.76. The number of hydrogen-bond donors (Lipinski definition) is 2. The number of fused-ring (bicyclic) bond motifs is 1. The number of carbonyl (C=O) groups is 1. The molecule has 2 rings (SSSR count). The van der Waals surface area contributed by atoms with Gasteiger partial charge in [-0.25, -0.2) is 0 Å². The first-order valence-corrected chi connectivity index (χ1v) is 5.21. The highest BCUT2D eigenvalue weighted by molar-refractivity contribution is 6.04. The number of aryl methyl sites for hydroxylation is 1. The maximum Gasteiger partial charge on any atom is 0.280 e. The Morgan fingerprint density at radius 2 is 1.94 bits per heavy atom. The van der Waals surface area contributed by atoms with E-state index in [2.05, 4.69) is 4.99 Å². The fraction of sp³-hybridized carbons (Fsp3) is 0.0769. The SMILES string of the molecule is Cc1cccc2cc(C(=O)N=C(N)N)ccc12. The van der Waals surface area contributed by atoms with Gasteiger partial charge in [0.1, 0.15) is 0 Å². The molecule has 17 heavy (non-hydrogen) atoms. The number of rotatable bonds is 1. The number of hydrogen-bond acceptors (Lipinski definition) is 1. The van der Waals surface area contributed by atoms with Crippen LogP contribution in [0.15, 0.2) is 41.4 Å². The number of nitrogens with two attached hydrogens (primary N) is 2. The van der Waals surface area contributed by atoms with E-state index in [1.807, 2.05) is 31.2 Å². The molecule has 0 atom stereocenters. The van der Waals surface area contributed by atoms with Crippen LogP contribution in [0.25, 0.3) is 10.8 Å². The summed E-state index contributed by atoms with van der Waals surface area (Å²) in [7, 11) is 0. The number of nitrogens with zero attached hydrogens (tertiary/aromatic N) is 1. The van der Waals surface area contributed by atoms with Crippen LogP contribution < -0.4 is 11.5 Å². The van der Waals surface area contributed by atoms with Crippen LogP contribution in [-0.4, -0.2) is 11.9 Å². The summed E-state index contributed by atoms with van der Waals surface area (Å²) in [6, 6.07) is 11.3. The van der Waals surface area contributed by atoms with E-state index in [1.165, 1.54) is 5.56 Å². The Morgan fingerprint density at radius 1 is 1.18 bits per heavy atom. The normalized spacial score (nSPS) is 10.2. The van der Waals surface area contributed by atoms with E-state index < -0.39 is 5.91 Å². The summed E-state index contributed by atoms with van der Waals surface area (Å²) in [5, 5.41) is 2.12. The lowest BCUT2D eigenvalue weighted by molar-refractivity contribution is 0.100. The van der Waals surface area contributed by atoms with Crippen molar-refractivity contribution in [3.63, 3.8) is 0 Å². The van der Waals surface area contributed by atoms with Gasteiger partial charge in [-0.1, -0.05) is 24.3 Å². The molecule has 0 unspecified atom stereocenters. The zero-order chi connectivity index (χ0) is 12.4. The molecule has 0 bridgehead atoms. The van der Waals surface area contributed by atoms with Gasteiger partial charge in [0, 0.05) is 5.56 Å². The Hall–Kier alpha value is -2.36. The molecule has 0 fully saturated rings. The van der Waals surface area contributed by atoms with Crippen molar-refractivity contribution in [2.45, 2.75) is 6.92 Å². The molecular weight excluding hydrogens is 214 g/mol. The van der Waals surface area contributed by atoms with E-state index in [0.29, 0.717) is 5.56 Å². The Labute approximate surface area is 98.9 Å². The van der Waals surface area contributed by atoms with Crippen LogP contribution in [0.1, 0.15) is 15.9 Å². The quantitative estimate of drug-likeness (QED) is 0.573. The third kappa shape index (κ3) is 2.25. The zero-order valence-corrected chi connectivity index (χ0v) is 9.47. The highest BCUT2D eigenvalue weighted by atomic mass is 16.1. The first kappa shape index (κ1) is 11.1. The standard InChI is InChI=1S/C13H13N3O/c1-8-3-2-4-9-7-10(5-6-11(8)9)12(17)16-13(14)15/h2-7H,1H3,(H4,14,15,16,17). The number of aliphatic imine (C=N–C) groups is 1. The van der Waals surface area contributed by atoms with Gasteiger partial charge in [0.05, 0.1) is 0 Å². The second-order valence-corrected chi connectivity index (χ2v) is 3.85. The third-order valence-corrected chi connectivity index (χ3v) is 2.58. The molecule has 0 heterocycles. The van der Waals surface area contributed by atoms with E-state index in [-0.39, 0.29) is 5.96 Å². The first-order chi connectivity index (χ1) is 8.08. The molecule has 0 aliphatic carbocycles. The number of benzene rings is 2. The maximum atomic E-state index is 11.6. The summed E-state index contributed by atoms with van der Waals surface area (Å²) in [4.78, 5) is 15.1. The van der Waals surface area contributed by atoms with Crippen LogP contribution in [0.5, 0.6) is 0 Å². The summed E-state index contributed by atoms with van der Waals surface area (Å²) in [5.41, 5.74) is 12.0. The molecule has 4 heteroatoms. The molecule has 86 valence electrons.